The van der Waals surface area contributed by atoms with E-state index in [0.29, 0.717) is 25.1 Å². The van der Waals surface area contributed by atoms with Crippen LogP contribution in [0.1, 0.15) is 41.3 Å². The van der Waals surface area contributed by atoms with Crippen LogP contribution in [-0.4, -0.2) is 29.9 Å². The van der Waals surface area contributed by atoms with Gasteiger partial charge in [0.15, 0.2) is 0 Å². The Morgan fingerprint density at radius 3 is 2.58 bits per heavy atom. The van der Waals surface area contributed by atoms with E-state index in [1.54, 1.807) is 12.0 Å². The molecule has 136 valence electrons. The van der Waals surface area contributed by atoms with Crippen molar-refractivity contribution in [3.8, 4) is 5.75 Å². The first kappa shape index (κ1) is 18.0. The number of methoxy groups -OCH3 is 1. The zero-order valence-corrected chi connectivity index (χ0v) is 15.2. The van der Waals surface area contributed by atoms with Crippen LogP contribution in [0, 0.1) is 0 Å². The summed E-state index contributed by atoms with van der Waals surface area (Å²) in [4.78, 5) is 27.2. The van der Waals surface area contributed by atoms with Crippen molar-refractivity contribution in [2.45, 2.75) is 38.9 Å². The number of carbonyl (C=O) groups excluding carboxylic acids is 2. The maximum atomic E-state index is 12.8. The van der Waals surface area contributed by atoms with Crippen molar-refractivity contribution in [2.75, 3.05) is 7.11 Å². The Morgan fingerprint density at radius 1 is 1.19 bits per heavy atom. The minimum atomic E-state index is -0.446. The SMILES string of the molecule is CCCC(C(=O)NCc1ccc(OC)cc1)N1Cc2ccccc2C1=O. The van der Waals surface area contributed by atoms with E-state index >= 15 is 0 Å². The quantitative estimate of drug-likeness (QED) is 0.833. The van der Waals surface area contributed by atoms with Gasteiger partial charge in [-0.1, -0.05) is 43.7 Å². The highest BCUT2D eigenvalue weighted by molar-refractivity contribution is 6.01. The summed E-state index contributed by atoms with van der Waals surface area (Å²) in [6, 6.07) is 14.7. The van der Waals surface area contributed by atoms with Gasteiger partial charge in [0.05, 0.1) is 7.11 Å². The lowest BCUT2D eigenvalue weighted by molar-refractivity contribution is -0.126. The molecule has 2 aromatic carbocycles. The van der Waals surface area contributed by atoms with E-state index in [9.17, 15) is 9.59 Å². The largest absolute Gasteiger partial charge is 0.497 e. The van der Waals surface area contributed by atoms with Crippen LogP contribution in [-0.2, 0) is 17.9 Å². The lowest BCUT2D eigenvalue weighted by atomic mass is 10.1. The van der Waals surface area contributed by atoms with Crippen LogP contribution in [0.15, 0.2) is 48.5 Å². The lowest BCUT2D eigenvalue weighted by Gasteiger charge is -2.26. The lowest BCUT2D eigenvalue weighted by Crippen LogP contribution is -2.46. The Morgan fingerprint density at radius 2 is 1.92 bits per heavy atom. The molecule has 0 saturated heterocycles. The number of fused-ring (bicyclic) bond motifs is 1. The van der Waals surface area contributed by atoms with Crippen LogP contribution >= 0.6 is 0 Å². The molecule has 0 radical (unpaired) electrons. The molecule has 1 N–H and O–H groups in total. The molecule has 0 aromatic heterocycles. The second-order valence-corrected chi connectivity index (χ2v) is 6.46. The van der Waals surface area contributed by atoms with E-state index in [4.69, 9.17) is 4.74 Å². The second-order valence-electron chi connectivity index (χ2n) is 6.46. The number of rotatable bonds is 7. The molecule has 1 heterocycles. The smallest absolute Gasteiger partial charge is 0.255 e. The van der Waals surface area contributed by atoms with Crippen molar-refractivity contribution in [3.63, 3.8) is 0 Å². The summed E-state index contributed by atoms with van der Waals surface area (Å²) in [7, 11) is 1.62. The standard InChI is InChI=1S/C21H24N2O3/c1-3-6-19(23-14-16-7-4-5-8-18(16)21(23)25)20(24)22-13-15-9-11-17(26-2)12-10-15/h4-5,7-12,19H,3,6,13-14H2,1-2H3,(H,22,24). The first-order valence-electron chi connectivity index (χ1n) is 8.93. The van der Waals surface area contributed by atoms with Crippen LogP contribution in [0.4, 0.5) is 0 Å². The Kier molecular flexibility index (Phi) is 5.56. The highest BCUT2D eigenvalue weighted by atomic mass is 16.5. The monoisotopic (exact) mass is 352 g/mol. The summed E-state index contributed by atoms with van der Waals surface area (Å²) in [5.41, 5.74) is 2.68. The first-order valence-corrected chi connectivity index (χ1v) is 8.93. The Balaban J connectivity index is 1.67. The van der Waals surface area contributed by atoms with Gasteiger partial charge in [0.2, 0.25) is 5.91 Å². The number of amides is 2. The predicted molar refractivity (Wildman–Crippen MR) is 99.9 cm³/mol. The van der Waals surface area contributed by atoms with Crippen LogP contribution in [0.2, 0.25) is 0 Å². The summed E-state index contributed by atoms with van der Waals surface area (Å²) in [6.45, 7) is 2.95. The summed E-state index contributed by atoms with van der Waals surface area (Å²) in [6.07, 6.45) is 1.48. The van der Waals surface area contributed by atoms with E-state index in [1.165, 1.54) is 0 Å². The van der Waals surface area contributed by atoms with E-state index in [-0.39, 0.29) is 11.8 Å². The van der Waals surface area contributed by atoms with Crippen molar-refractivity contribution < 1.29 is 14.3 Å². The highest BCUT2D eigenvalue weighted by Gasteiger charge is 2.35. The number of hydrogen-bond acceptors (Lipinski definition) is 3. The number of nitrogens with zero attached hydrogens (tertiary/aromatic N) is 1. The van der Waals surface area contributed by atoms with Crippen molar-refractivity contribution in [1.29, 1.82) is 0 Å². The average Bonchev–Trinajstić information content (AvgIpc) is 3.01. The molecule has 0 saturated carbocycles. The maximum absolute atomic E-state index is 12.8. The molecule has 0 fully saturated rings. The first-order chi connectivity index (χ1) is 12.6. The summed E-state index contributed by atoms with van der Waals surface area (Å²) >= 11 is 0. The van der Waals surface area contributed by atoms with Gasteiger partial charge >= 0.3 is 0 Å². The number of benzene rings is 2. The Labute approximate surface area is 154 Å². The van der Waals surface area contributed by atoms with Gasteiger partial charge in [-0.15, -0.1) is 0 Å². The highest BCUT2D eigenvalue weighted by Crippen LogP contribution is 2.26. The van der Waals surface area contributed by atoms with E-state index in [1.807, 2.05) is 55.5 Å². The van der Waals surface area contributed by atoms with E-state index < -0.39 is 6.04 Å². The van der Waals surface area contributed by atoms with Gasteiger partial charge < -0.3 is 15.0 Å². The Hall–Kier alpha value is -2.82. The number of ether oxygens (including phenoxy) is 1. The molecular formula is C21H24N2O3. The molecular weight excluding hydrogens is 328 g/mol. The van der Waals surface area contributed by atoms with Crippen LogP contribution in [0.25, 0.3) is 0 Å². The fourth-order valence-electron chi connectivity index (χ4n) is 3.28. The molecule has 0 spiro atoms. The normalized spacial score (nSPS) is 14.1. The van der Waals surface area contributed by atoms with Gasteiger partial charge in [-0.3, -0.25) is 9.59 Å². The van der Waals surface area contributed by atoms with E-state index in [0.717, 1.165) is 23.3 Å². The summed E-state index contributed by atoms with van der Waals surface area (Å²) < 4.78 is 5.14. The van der Waals surface area contributed by atoms with E-state index in [2.05, 4.69) is 5.32 Å². The molecule has 2 amide bonds. The molecule has 1 aliphatic heterocycles. The maximum Gasteiger partial charge on any atom is 0.255 e. The zero-order chi connectivity index (χ0) is 18.5. The van der Waals surface area contributed by atoms with Gasteiger partial charge in [0, 0.05) is 18.7 Å². The second kappa shape index (κ2) is 8.04. The average molecular weight is 352 g/mol. The minimum absolute atomic E-state index is 0.0568. The van der Waals surface area contributed by atoms with Crippen molar-refractivity contribution >= 4 is 11.8 Å². The molecule has 26 heavy (non-hydrogen) atoms. The number of nitrogens with one attached hydrogen (secondary N) is 1. The van der Waals surface area contributed by atoms with Crippen molar-refractivity contribution in [1.82, 2.24) is 10.2 Å². The third-order valence-corrected chi connectivity index (χ3v) is 4.72. The number of hydrogen-bond donors (Lipinski definition) is 1. The molecule has 3 rings (SSSR count). The van der Waals surface area contributed by atoms with Gasteiger partial charge in [0.1, 0.15) is 11.8 Å². The van der Waals surface area contributed by atoms with Crippen LogP contribution in [0.5, 0.6) is 5.75 Å². The predicted octanol–water partition coefficient (Wildman–Crippen LogP) is 3.14. The molecule has 1 unspecified atom stereocenters. The third-order valence-electron chi connectivity index (χ3n) is 4.72. The fraction of sp³-hybridized carbons (Fsp3) is 0.333. The Bertz CT molecular complexity index is 786. The summed E-state index contributed by atoms with van der Waals surface area (Å²) in [5, 5.41) is 2.97. The molecule has 5 heteroatoms. The van der Waals surface area contributed by atoms with Gasteiger partial charge in [0.25, 0.3) is 5.91 Å². The van der Waals surface area contributed by atoms with Crippen LogP contribution < -0.4 is 10.1 Å². The molecule has 1 aliphatic rings. The van der Waals surface area contributed by atoms with Crippen molar-refractivity contribution in [3.05, 3.63) is 65.2 Å². The third kappa shape index (κ3) is 3.72. The molecule has 2 aromatic rings. The van der Waals surface area contributed by atoms with Crippen molar-refractivity contribution in [2.24, 2.45) is 0 Å². The molecule has 0 aliphatic carbocycles. The summed E-state index contributed by atoms with van der Waals surface area (Å²) in [5.74, 6) is 0.617. The molecule has 1 atom stereocenters. The van der Waals surface area contributed by atoms with Gasteiger partial charge in [-0.2, -0.15) is 0 Å². The van der Waals surface area contributed by atoms with Gasteiger partial charge in [-0.05, 0) is 35.7 Å². The minimum Gasteiger partial charge on any atom is -0.497 e. The van der Waals surface area contributed by atoms with Gasteiger partial charge in [-0.25, -0.2) is 0 Å². The van der Waals surface area contributed by atoms with Crippen LogP contribution in [0.3, 0.4) is 0 Å². The molecule has 5 nitrogen and oxygen atoms in total. The number of carbonyl (C=O) groups is 2. The zero-order valence-electron chi connectivity index (χ0n) is 15.2. The fourth-order valence-corrected chi connectivity index (χ4v) is 3.28. The topological polar surface area (TPSA) is 58.6 Å². The molecule has 0 bridgehead atoms.